The first-order valence-corrected chi connectivity index (χ1v) is 11.3. The van der Waals surface area contributed by atoms with Crippen molar-refractivity contribution in [3.8, 4) is 0 Å². The van der Waals surface area contributed by atoms with Crippen LogP contribution in [0.1, 0.15) is 37.8 Å². The number of carbonyl (C=O) groups excluding carboxylic acids is 1. The minimum atomic E-state index is -3.27. The molecule has 26 heavy (non-hydrogen) atoms. The molecule has 1 aromatic heterocycles. The molecule has 2 aliphatic rings. The zero-order valence-electron chi connectivity index (χ0n) is 15.7. The van der Waals surface area contributed by atoms with Crippen molar-refractivity contribution in [1.29, 1.82) is 0 Å². The molecule has 1 aliphatic heterocycles. The molecule has 0 radical (unpaired) electrons. The van der Waals surface area contributed by atoms with Crippen molar-refractivity contribution in [2.45, 2.75) is 38.5 Å². The van der Waals surface area contributed by atoms with E-state index in [0.29, 0.717) is 26.1 Å². The second-order valence-corrected chi connectivity index (χ2v) is 9.84. The fourth-order valence-corrected chi connectivity index (χ4v) is 5.39. The van der Waals surface area contributed by atoms with E-state index in [4.69, 9.17) is 0 Å². The van der Waals surface area contributed by atoms with Crippen molar-refractivity contribution in [3.63, 3.8) is 0 Å². The van der Waals surface area contributed by atoms with Crippen molar-refractivity contribution in [2.24, 2.45) is 11.3 Å². The molecule has 1 saturated heterocycles. The molecule has 6 nitrogen and oxygen atoms in total. The molecule has 0 bridgehead atoms. The van der Waals surface area contributed by atoms with Crippen molar-refractivity contribution < 1.29 is 13.2 Å². The van der Waals surface area contributed by atoms with Crippen molar-refractivity contribution in [3.05, 3.63) is 30.1 Å². The van der Waals surface area contributed by atoms with Crippen LogP contribution in [-0.4, -0.2) is 61.5 Å². The lowest BCUT2D eigenvalue weighted by molar-refractivity contribution is -0.137. The number of rotatable bonds is 5. The molecule has 0 N–H and O–H groups in total. The molecule has 144 valence electrons. The van der Waals surface area contributed by atoms with Crippen LogP contribution in [-0.2, 0) is 21.2 Å². The number of carbonyl (C=O) groups is 1. The zero-order chi connectivity index (χ0) is 18.8. The molecular formula is C19H29N3O3S. The van der Waals surface area contributed by atoms with Crippen LogP contribution in [0.2, 0.25) is 0 Å². The number of hydrogen-bond donors (Lipinski definition) is 0. The van der Waals surface area contributed by atoms with Gasteiger partial charge in [-0.2, -0.15) is 0 Å². The Morgan fingerprint density at radius 1 is 1.31 bits per heavy atom. The molecule has 1 amide bonds. The Hall–Kier alpha value is -1.47. The van der Waals surface area contributed by atoms with Crippen LogP contribution in [0.15, 0.2) is 24.4 Å². The van der Waals surface area contributed by atoms with Crippen LogP contribution in [0.5, 0.6) is 0 Å². The summed E-state index contributed by atoms with van der Waals surface area (Å²) in [6, 6.07) is 5.79. The Morgan fingerprint density at radius 3 is 2.65 bits per heavy atom. The number of hydrogen-bond acceptors (Lipinski definition) is 4. The average molecular weight is 380 g/mol. The first kappa shape index (κ1) is 19.3. The molecule has 1 atom stereocenters. The van der Waals surface area contributed by atoms with Gasteiger partial charge in [0.1, 0.15) is 0 Å². The molecular weight excluding hydrogens is 350 g/mol. The summed E-state index contributed by atoms with van der Waals surface area (Å²) in [5.41, 5.74) is 0.779. The number of nitrogens with zero attached hydrogens (tertiary/aromatic N) is 3. The second-order valence-electron chi connectivity index (χ2n) is 7.86. The maximum Gasteiger partial charge on any atom is 0.227 e. The fraction of sp³-hybridized carbons (Fsp3) is 0.684. The predicted octanol–water partition coefficient (Wildman–Crippen LogP) is 1.92. The van der Waals surface area contributed by atoms with Crippen LogP contribution in [0, 0.1) is 11.3 Å². The van der Waals surface area contributed by atoms with Crippen LogP contribution in [0.3, 0.4) is 0 Å². The fourth-order valence-electron chi connectivity index (χ4n) is 4.48. The summed E-state index contributed by atoms with van der Waals surface area (Å²) in [6.07, 6.45) is 8.96. The zero-order valence-corrected chi connectivity index (χ0v) is 16.5. The van der Waals surface area contributed by atoms with E-state index in [-0.39, 0.29) is 17.2 Å². The highest BCUT2D eigenvalue weighted by Crippen LogP contribution is 2.48. The van der Waals surface area contributed by atoms with E-state index >= 15 is 0 Å². The standard InChI is InChI=1S/C19H29N3O3S/c1-21(13-9-16-8-4-7-12-20-16)18(23)17-14-22(26(2,24)25)15-19(17)10-5-3-6-11-19/h4,7-8,12,17H,3,5-6,9-11,13-15H2,1-2H3. The number of amides is 1. The minimum absolute atomic E-state index is 0.0778. The molecule has 7 heteroatoms. The van der Waals surface area contributed by atoms with Gasteiger partial charge < -0.3 is 4.90 Å². The lowest BCUT2D eigenvalue weighted by Gasteiger charge is -2.38. The second kappa shape index (κ2) is 7.64. The number of sulfonamides is 1. The summed E-state index contributed by atoms with van der Waals surface area (Å²) in [5, 5.41) is 0. The minimum Gasteiger partial charge on any atom is -0.345 e. The summed E-state index contributed by atoms with van der Waals surface area (Å²) < 4.78 is 25.7. The van der Waals surface area contributed by atoms with Gasteiger partial charge in [0.15, 0.2) is 0 Å². The SMILES string of the molecule is CN(CCc1ccccn1)C(=O)C1CN(S(C)(=O)=O)CC12CCCCC2. The number of pyridine rings is 1. The van der Waals surface area contributed by atoms with Crippen LogP contribution >= 0.6 is 0 Å². The topological polar surface area (TPSA) is 70.6 Å². The molecule has 1 aliphatic carbocycles. The van der Waals surface area contributed by atoms with Crippen molar-refractivity contribution in [1.82, 2.24) is 14.2 Å². The molecule has 3 rings (SSSR count). The third kappa shape index (κ3) is 4.09. The summed E-state index contributed by atoms with van der Waals surface area (Å²) in [6.45, 7) is 1.42. The lowest BCUT2D eigenvalue weighted by Crippen LogP contribution is -2.43. The van der Waals surface area contributed by atoms with E-state index in [1.54, 1.807) is 11.1 Å². The molecule has 1 spiro atoms. The Balaban J connectivity index is 1.72. The quantitative estimate of drug-likeness (QED) is 0.784. The van der Waals surface area contributed by atoms with Crippen molar-refractivity contribution >= 4 is 15.9 Å². The van der Waals surface area contributed by atoms with Crippen LogP contribution in [0.25, 0.3) is 0 Å². The molecule has 2 fully saturated rings. The summed E-state index contributed by atoms with van der Waals surface area (Å²) in [4.78, 5) is 19.3. The van der Waals surface area contributed by atoms with Crippen LogP contribution in [0.4, 0.5) is 0 Å². The van der Waals surface area contributed by atoms with Gasteiger partial charge in [0.05, 0.1) is 12.2 Å². The molecule has 1 aromatic rings. The number of likely N-dealkylation sites (N-methyl/N-ethyl adjacent to an activating group) is 1. The van der Waals surface area contributed by atoms with Gasteiger partial charge in [-0.25, -0.2) is 12.7 Å². The Morgan fingerprint density at radius 2 is 2.04 bits per heavy atom. The Bertz CT molecular complexity index is 730. The summed E-state index contributed by atoms with van der Waals surface area (Å²) >= 11 is 0. The number of aromatic nitrogens is 1. The largest absolute Gasteiger partial charge is 0.345 e. The van der Waals surface area contributed by atoms with Gasteiger partial charge in [0.25, 0.3) is 0 Å². The lowest BCUT2D eigenvalue weighted by atomic mass is 9.67. The first-order valence-electron chi connectivity index (χ1n) is 9.42. The average Bonchev–Trinajstić information content (AvgIpc) is 2.99. The third-order valence-corrected chi connectivity index (χ3v) is 7.26. The Kier molecular flexibility index (Phi) is 5.67. The highest BCUT2D eigenvalue weighted by atomic mass is 32.2. The van der Waals surface area contributed by atoms with Gasteiger partial charge in [0, 0.05) is 45.0 Å². The molecule has 0 aromatic carbocycles. The van der Waals surface area contributed by atoms with E-state index in [1.807, 2.05) is 25.2 Å². The van der Waals surface area contributed by atoms with Gasteiger partial charge in [-0.15, -0.1) is 0 Å². The summed E-state index contributed by atoms with van der Waals surface area (Å²) in [5.74, 6) is -0.153. The Labute approximate surface area is 156 Å². The third-order valence-electron chi connectivity index (χ3n) is 6.04. The maximum atomic E-state index is 13.2. The highest BCUT2D eigenvalue weighted by Gasteiger charge is 2.52. The molecule has 2 heterocycles. The van der Waals surface area contributed by atoms with E-state index < -0.39 is 10.0 Å². The monoisotopic (exact) mass is 379 g/mol. The van der Waals surface area contributed by atoms with E-state index in [9.17, 15) is 13.2 Å². The van der Waals surface area contributed by atoms with Gasteiger partial charge in [0.2, 0.25) is 15.9 Å². The predicted molar refractivity (Wildman–Crippen MR) is 101 cm³/mol. The van der Waals surface area contributed by atoms with Gasteiger partial charge >= 0.3 is 0 Å². The van der Waals surface area contributed by atoms with E-state index in [1.165, 1.54) is 17.0 Å². The first-order chi connectivity index (χ1) is 12.3. The van der Waals surface area contributed by atoms with Crippen molar-refractivity contribution in [2.75, 3.05) is 32.9 Å². The molecule has 1 unspecified atom stereocenters. The summed E-state index contributed by atoms with van der Waals surface area (Å²) in [7, 11) is -1.45. The maximum absolute atomic E-state index is 13.2. The molecule has 1 saturated carbocycles. The van der Waals surface area contributed by atoms with E-state index in [2.05, 4.69) is 4.98 Å². The van der Waals surface area contributed by atoms with E-state index in [0.717, 1.165) is 31.4 Å². The van der Waals surface area contributed by atoms with Gasteiger partial charge in [-0.3, -0.25) is 9.78 Å². The van der Waals surface area contributed by atoms with Crippen LogP contribution < -0.4 is 0 Å². The van der Waals surface area contributed by atoms with Gasteiger partial charge in [-0.05, 0) is 30.4 Å². The highest BCUT2D eigenvalue weighted by molar-refractivity contribution is 7.88. The van der Waals surface area contributed by atoms with Gasteiger partial charge in [-0.1, -0.05) is 25.3 Å². The normalized spacial score (nSPS) is 23.2. The smallest absolute Gasteiger partial charge is 0.227 e.